The van der Waals surface area contributed by atoms with Gasteiger partial charge in [-0.1, -0.05) is 76.8 Å². The van der Waals surface area contributed by atoms with Crippen LogP contribution in [0.15, 0.2) is 30.3 Å². The topological polar surface area (TPSA) is 57.5 Å². The third-order valence-corrected chi connectivity index (χ3v) is 4.56. The molecule has 2 nitrogen and oxygen atoms in total. The van der Waals surface area contributed by atoms with E-state index in [0.29, 0.717) is 5.92 Å². The summed E-state index contributed by atoms with van der Waals surface area (Å²) in [7, 11) is 0. The minimum Gasteiger partial charge on any atom is -0.412 e. The van der Waals surface area contributed by atoms with Crippen molar-refractivity contribution in [2.45, 2.75) is 77.2 Å². The Morgan fingerprint density at radius 3 is 2.05 bits per heavy atom. The van der Waals surface area contributed by atoms with Gasteiger partial charge in [0.2, 0.25) is 0 Å². The Labute approximate surface area is 125 Å². The minimum absolute atomic E-state index is 0. The van der Waals surface area contributed by atoms with Crippen molar-refractivity contribution in [2.75, 3.05) is 0 Å². The molecular formula is C18H33NO. The summed E-state index contributed by atoms with van der Waals surface area (Å²) in [5, 5.41) is 0. The fraction of sp³-hybridized carbons (Fsp3) is 0.667. The van der Waals surface area contributed by atoms with E-state index >= 15 is 0 Å². The van der Waals surface area contributed by atoms with Crippen molar-refractivity contribution in [1.82, 2.24) is 0 Å². The molecule has 0 fully saturated rings. The van der Waals surface area contributed by atoms with Gasteiger partial charge in [-0.05, 0) is 24.8 Å². The third-order valence-electron chi connectivity index (χ3n) is 4.56. The molecule has 1 aromatic rings. The van der Waals surface area contributed by atoms with E-state index in [9.17, 15) is 0 Å². The molecule has 1 atom stereocenters. The van der Waals surface area contributed by atoms with Crippen LogP contribution in [0.2, 0.25) is 0 Å². The van der Waals surface area contributed by atoms with Crippen molar-refractivity contribution in [3.63, 3.8) is 0 Å². The van der Waals surface area contributed by atoms with Crippen LogP contribution in [0.4, 0.5) is 0 Å². The molecule has 0 aliphatic heterocycles. The summed E-state index contributed by atoms with van der Waals surface area (Å²) in [6, 6.07) is 10.9. The predicted molar refractivity (Wildman–Crippen MR) is 89.1 cm³/mol. The normalized spacial score (nSPS) is 12.8. The maximum absolute atomic E-state index is 6.69. The molecule has 1 aromatic carbocycles. The van der Waals surface area contributed by atoms with Crippen molar-refractivity contribution in [3.8, 4) is 0 Å². The fourth-order valence-corrected chi connectivity index (χ4v) is 2.99. The second-order valence-corrected chi connectivity index (χ2v) is 5.75. The smallest absolute Gasteiger partial charge is 0.0218 e. The molecule has 1 unspecified atom stereocenters. The first-order valence-electron chi connectivity index (χ1n) is 8.01. The molecular weight excluding hydrogens is 246 g/mol. The average molecular weight is 279 g/mol. The van der Waals surface area contributed by atoms with E-state index in [1.807, 2.05) is 0 Å². The third kappa shape index (κ3) is 5.26. The van der Waals surface area contributed by atoms with Gasteiger partial charge in [0.1, 0.15) is 0 Å². The molecule has 20 heavy (non-hydrogen) atoms. The number of nitrogens with two attached hydrogens (primary N) is 1. The number of benzene rings is 1. The first-order chi connectivity index (χ1) is 9.18. The molecule has 2 heteroatoms. The highest BCUT2D eigenvalue weighted by atomic mass is 16.0. The number of hydrogen-bond donors (Lipinski definition) is 1. The maximum Gasteiger partial charge on any atom is 0.0218 e. The first-order valence-corrected chi connectivity index (χ1v) is 8.01. The molecule has 0 aliphatic rings. The summed E-state index contributed by atoms with van der Waals surface area (Å²) < 4.78 is 0. The van der Waals surface area contributed by atoms with Crippen molar-refractivity contribution >= 4 is 0 Å². The summed E-state index contributed by atoms with van der Waals surface area (Å²) in [6.45, 7) is 6.72. The molecule has 0 amide bonds. The molecule has 0 aromatic heterocycles. The van der Waals surface area contributed by atoms with Gasteiger partial charge in [-0.25, -0.2) is 0 Å². The highest BCUT2D eigenvalue weighted by Gasteiger charge is 2.31. The summed E-state index contributed by atoms with van der Waals surface area (Å²) in [6.07, 6.45) is 8.61. The molecule has 116 valence electrons. The van der Waals surface area contributed by atoms with Crippen LogP contribution < -0.4 is 5.73 Å². The lowest BCUT2D eigenvalue weighted by Gasteiger charge is -2.37. The van der Waals surface area contributed by atoms with Gasteiger partial charge in [-0.3, -0.25) is 0 Å². The molecule has 0 heterocycles. The molecule has 4 N–H and O–H groups in total. The lowest BCUT2D eigenvalue weighted by molar-refractivity contribution is 0.300. The van der Waals surface area contributed by atoms with Crippen LogP contribution in [0.5, 0.6) is 0 Å². The van der Waals surface area contributed by atoms with Gasteiger partial charge in [-0.15, -0.1) is 0 Å². The van der Waals surface area contributed by atoms with Gasteiger partial charge in [-0.2, -0.15) is 0 Å². The second-order valence-electron chi connectivity index (χ2n) is 5.75. The summed E-state index contributed by atoms with van der Waals surface area (Å²) in [5.74, 6) is 0.501. The lowest BCUT2D eigenvalue weighted by atomic mass is 9.74. The van der Waals surface area contributed by atoms with Gasteiger partial charge in [0, 0.05) is 11.5 Å². The van der Waals surface area contributed by atoms with Crippen molar-refractivity contribution in [2.24, 2.45) is 5.73 Å². The van der Waals surface area contributed by atoms with Gasteiger partial charge in [0.15, 0.2) is 0 Å². The van der Waals surface area contributed by atoms with Gasteiger partial charge < -0.3 is 11.2 Å². The molecule has 1 rings (SSSR count). The van der Waals surface area contributed by atoms with E-state index in [1.165, 1.54) is 37.7 Å². The zero-order valence-corrected chi connectivity index (χ0v) is 13.5. The molecule has 0 bridgehead atoms. The van der Waals surface area contributed by atoms with Crippen LogP contribution in [0.1, 0.15) is 77.2 Å². The van der Waals surface area contributed by atoms with E-state index < -0.39 is 0 Å². The largest absolute Gasteiger partial charge is 0.412 e. The SMILES string of the molecule is CCCCCCC(c1ccccc1)C(N)(CC)CC.O. The fourth-order valence-electron chi connectivity index (χ4n) is 2.99. The molecule has 0 saturated carbocycles. The van der Waals surface area contributed by atoms with Gasteiger partial charge >= 0.3 is 0 Å². The van der Waals surface area contributed by atoms with Crippen molar-refractivity contribution in [3.05, 3.63) is 35.9 Å². The average Bonchev–Trinajstić information content (AvgIpc) is 2.47. The molecule has 0 radical (unpaired) electrons. The summed E-state index contributed by atoms with van der Waals surface area (Å²) in [5.41, 5.74) is 8.06. The van der Waals surface area contributed by atoms with Crippen LogP contribution in [0.3, 0.4) is 0 Å². The molecule has 0 aliphatic carbocycles. The molecule has 0 spiro atoms. The quantitative estimate of drug-likeness (QED) is 0.668. The van der Waals surface area contributed by atoms with Crippen LogP contribution in [-0.4, -0.2) is 11.0 Å². The Morgan fingerprint density at radius 1 is 0.950 bits per heavy atom. The van der Waals surface area contributed by atoms with E-state index in [4.69, 9.17) is 5.73 Å². The van der Waals surface area contributed by atoms with E-state index in [-0.39, 0.29) is 11.0 Å². The van der Waals surface area contributed by atoms with Crippen LogP contribution in [0, 0.1) is 0 Å². The summed E-state index contributed by atoms with van der Waals surface area (Å²) >= 11 is 0. The van der Waals surface area contributed by atoms with Crippen molar-refractivity contribution < 1.29 is 5.48 Å². The zero-order chi connectivity index (χ0) is 14.1. The predicted octanol–water partition coefficient (Wildman–Crippen LogP) is 4.43. The van der Waals surface area contributed by atoms with Gasteiger partial charge in [0.05, 0.1) is 0 Å². The second kappa shape index (κ2) is 9.95. The van der Waals surface area contributed by atoms with Crippen LogP contribution >= 0.6 is 0 Å². The zero-order valence-electron chi connectivity index (χ0n) is 13.5. The van der Waals surface area contributed by atoms with E-state index in [0.717, 1.165) is 12.8 Å². The van der Waals surface area contributed by atoms with Crippen molar-refractivity contribution in [1.29, 1.82) is 0 Å². The van der Waals surface area contributed by atoms with Gasteiger partial charge in [0.25, 0.3) is 0 Å². The van der Waals surface area contributed by atoms with Crippen LogP contribution in [0.25, 0.3) is 0 Å². The number of hydrogen-bond acceptors (Lipinski definition) is 1. The lowest BCUT2D eigenvalue weighted by Crippen LogP contribution is -2.44. The highest BCUT2D eigenvalue weighted by molar-refractivity contribution is 5.23. The number of unbranched alkanes of at least 4 members (excludes halogenated alkanes) is 3. The Morgan fingerprint density at radius 2 is 1.55 bits per heavy atom. The molecule has 0 saturated heterocycles. The highest BCUT2D eigenvalue weighted by Crippen LogP contribution is 2.36. The first kappa shape index (κ1) is 19.1. The van der Waals surface area contributed by atoms with E-state index in [2.05, 4.69) is 51.1 Å². The minimum atomic E-state index is -0.0480. The number of rotatable bonds is 9. The Balaban J connectivity index is 0.00000361. The van der Waals surface area contributed by atoms with E-state index in [1.54, 1.807) is 0 Å². The monoisotopic (exact) mass is 279 g/mol. The van der Waals surface area contributed by atoms with Crippen LogP contribution in [-0.2, 0) is 0 Å². The Bertz CT molecular complexity index is 333. The standard InChI is InChI=1S/C18H31N.H2O/c1-4-7-8-12-15-17(18(19,5-2)6-3)16-13-10-9-11-14-16;/h9-11,13-14,17H,4-8,12,15,19H2,1-3H3;1H2. The Kier molecular flexibility index (Phi) is 9.52. The summed E-state index contributed by atoms with van der Waals surface area (Å²) in [4.78, 5) is 0. The Hall–Kier alpha value is -0.860. The maximum atomic E-state index is 6.69.